The van der Waals surface area contributed by atoms with Crippen LogP contribution in [0.4, 0.5) is 0 Å². The van der Waals surface area contributed by atoms with Crippen LogP contribution in [0.15, 0.2) is 30.3 Å². The lowest BCUT2D eigenvalue weighted by Crippen LogP contribution is -2.43. The van der Waals surface area contributed by atoms with E-state index in [1.54, 1.807) is 0 Å². The number of hydrogen-bond donors (Lipinski definition) is 0. The van der Waals surface area contributed by atoms with Gasteiger partial charge >= 0.3 is 0 Å². The highest BCUT2D eigenvalue weighted by Gasteiger charge is 2.45. The van der Waals surface area contributed by atoms with Gasteiger partial charge in [-0.05, 0) is 82.7 Å². The lowest BCUT2D eigenvalue weighted by molar-refractivity contribution is 0.0795. The molecule has 3 nitrogen and oxygen atoms in total. The summed E-state index contributed by atoms with van der Waals surface area (Å²) in [7, 11) is 0. The van der Waals surface area contributed by atoms with Crippen LogP contribution in [-0.4, -0.2) is 29.1 Å². The molecular weight excluding hydrogens is 394 g/mol. The highest BCUT2D eigenvalue weighted by atomic mass is 35.5. The Labute approximate surface area is 186 Å². The van der Waals surface area contributed by atoms with Crippen LogP contribution in [0.25, 0.3) is 0 Å². The van der Waals surface area contributed by atoms with Crippen LogP contribution in [0, 0.1) is 20.8 Å². The molecule has 2 aliphatic rings. The van der Waals surface area contributed by atoms with Crippen molar-refractivity contribution >= 4 is 11.6 Å². The molecule has 0 amide bonds. The normalized spacial score (nSPS) is 23.1. The zero-order chi connectivity index (χ0) is 21.5. The van der Waals surface area contributed by atoms with Crippen LogP contribution in [0.5, 0.6) is 11.5 Å². The third-order valence-corrected chi connectivity index (χ3v) is 7.46. The van der Waals surface area contributed by atoms with Gasteiger partial charge in [0.05, 0.1) is 5.50 Å². The summed E-state index contributed by atoms with van der Waals surface area (Å²) in [6, 6.07) is 10.4. The maximum absolute atomic E-state index is 6.69. The predicted octanol–water partition coefficient (Wildman–Crippen LogP) is 6.50. The maximum atomic E-state index is 6.69. The van der Waals surface area contributed by atoms with Gasteiger partial charge in [0.25, 0.3) is 0 Å². The van der Waals surface area contributed by atoms with Crippen molar-refractivity contribution in [3.8, 4) is 11.5 Å². The molecule has 162 valence electrons. The summed E-state index contributed by atoms with van der Waals surface area (Å²) in [5.41, 5.74) is 5.92. The first-order chi connectivity index (χ1) is 14.3. The molecule has 2 unspecified atom stereocenters. The Morgan fingerprint density at radius 3 is 2.50 bits per heavy atom. The number of hydrogen-bond acceptors (Lipinski definition) is 3. The van der Waals surface area contributed by atoms with Crippen LogP contribution in [-0.2, 0) is 6.61 Å². The van der Waals surface area contributed by atoms with Gasteiger partial charge in [0.1, 0.15) is 23.7 Å². The van der Waals surface area contributed by atoms with Crippen molar-refractivity contribution in [2.75, 3.05) is 13.1 Å². The molecule has 1 fully saturated rings. The number of halogens is 1. The van der Waals surface area contributed by atoms with E-state index in [-0.39, 0.29) is 17.0 Å². The molecule has 0 N–H and O–H groups in total. The number of likely N-dealkylation sites (tertiary alicyclic amines) is 1. The van der Waals surface area contributed by atoms with Crippen LogP contribution in [0.2, 0.25) is 0 Å². The molecule has 0 saturated carbocycles. The van der Waals surface area contributed by atoms with E-state index >= 15 is 0 Å². The first-order valence-corrected chi connectivity index (χ1v) is 11.6. The Kier molecular flexibility index (Phi) is 6.05. The first-order valence-electron chi connectivity index (χ1n) is 11.2. The molecule has 2 aromatic carbocycles. The van der Waals surface area contributed by atoms with Gasteiger partial charge in [0.2, 0.25) is 0 Å². The molecular formula is C26H34ClNO2. The number of nitrogens with zero attached hydrogens (tertiary/aromatic N) is 1. The Bertz CT molecular complexity index is 909. The number of fused-ring (bicyclic) bond motifs is 1. The lowest BCUT2D eigenvalue weighted by Gasteiger charge is -2.37. The molecule has 0 aromatic heterocycles. The molecule has 4 heteroatoms. The average Bonchev–Trinajstić information content (AvgIpc) is 2.99. The van der Waals surface area contributed by atoms with Gasteiger partial charge in [-0.25, -0.2) is 0 Å². The molecule has 2 heterocycles. The monoisotopic (exact) mass is 427 g/mol. The molecule has 2 aromatic rings. The molecule has 4 rings (SSSR count). The Morgan fingerprint density at radius 1 is 1.07 bits per heavy atom. The van der Waals surface area contributed by atoms with E-state index in [1.165, 1.54) is 40.7 Å². The summed E-state index contributed by atoms with van der Waals surface area (Å²) in [6.07, 6.45) is 3.52. The van der Waals surface area contributed by atoms with E-state index in [0.29, 0.717) is 6.61 Å². The fraction of sp³-hybridized carbons (Fsp3) is 0.538. The van der Waals surface area contributed by atoms with Crippen molar-refractivity contribution in [2.24, 2.45) is 0 Å². The van der Waals surface area contributed by atoms with E-state index in [1.807, 2.05) is 6.07 Å². The average molecular weight is 428 g/mol. The number of alkyl halides is 1. The van der Waals surface area contributed by atoms with Gasteiger partial charge in [-0.15, -0.1) is 11.6 Å². The third-order valence-electron chi connectivity index (χ3n) is 6.96. The Morgan fingerprint density at radius 2 is 1.80 bits per heavy atom. The van der Waals surface area contributed by atoms with Crippen LogP contribution < -0.4 is 9.47 Å². The minimum Gasteiger partial charge on any atom is -0.488 e. The van der Waals surface area contributed by atoms with E-state index in [4.69, 9.17) is 21.1 Å². The largest absolute Gasteiger partial charge is 0.488 e. The number of benzene rings is 2. The van der Waals surface area contributed by atoms with Crippen molar-refractivity contribution in [1.29, 1.82) is 0 Å². The van der Waals surface area contributed by atoms with E-state index < -0.39 is 0 Å². The Hall–Kier alpha value is -1.71. The van der Waals surface area contributed by atoms with Gasteiger partial charge < -0.3 is 9.47 Å². The SMILES string of the molecule is Cc1c(C)c2c(c(C)c1OCc1ccccc1)C(CN1CCCCC1Cl)C(C)(C)O2. The lowest BCUT2D eigenvalue weighted by atomic mass is 9.82. The standard InChI is InChI=1S/C26H34ClNO2/c1-17-18(2)25-23(19(3)24(17)29-16-20-11-7-6-8-12-20)21(26(4,5)30-25)15-28-14-10-9-13-22(28)27/h6-8,11-12,21-22H,9-10,13-16H2,1-5H3. The van der Waals surface area contributed by atoms with Gasteiger partial charge in [-0.2, -0.15) is 0 Å². The van der Waals surface area contributed by atoms with Crippen LogP contribution in [0.3, 0.4) is 0 Å². The summed E-state index contributed by atoms with van der Waals surface area (Å²) in [5.74, 6) is 2.32. The van der Waals surface area contributed by atoms with Gasteiger partial charge in [0.15, 0.2) is 0 Å². The van der Waals surface area contributed by atoms with Crippen molar-refractivity contribution in [3.63, 3.8) is 0 Å². The van der Waals surface area contributed by atoms with E-state index in [9.17, 15) is 0 Å². The minimum absolute atomic E-state index is 0.124. The zero-order valence-corrected chi connectivity index (χ0v) is 19.7. The summed E-state index contributed by atoms with van der Waals surface area (Å²) < 4.78 is 13.0. The molecule has 30 heavy (non-hydrogen) atoms. The fourth-order valence-corrected chi connectivity index (χ4v) is 5.33. The summed E-state index contributed by atoms with van der Waals surface area (Å²) >= 11 is 6.69. The Balaban J connectivity index is 1.68. The van der Waals surface area contributed by atoms with Crippen LogP contribution >= 0.6 is 11.6 Å². The molecule has 0 bridgehead atoms. The maximum Gasteiger partial charge on any atom is 0.127 e. The number of piperidine rings is 1. The quantitative estimate of drug-likeness (QED) is 0.401. The second-order valence-corrected chi connectivity index (χ2v) is 9.91. The molecule has 0 radical (unpaired) electrons. The van der Waals surface area contributed by atoms with E-state index in [2.05, 4.69) is 63.8 Å². The van der Waals surface area contributed by atoms with E-state index in [0.717, 1.165) is 31.0 Å². The molecule has 2 aliphatic heterocycles. The number of ether oxygens (including phenoxy) is 2. The highest BCUT2D eigenvalue weighted by molar-refractivity contribution is 6.20. The molecule has 1 saturated heterocycles. The summed E-state index contributed by atoms with van der Waals surface area (Å²) in [4.78, 5) is 2.44. The zero-order valence-electron chi connectivity index (χ0n) is 18.9. The topological polar surface area (TPSA) is 21.7 Å². The van der Waals surface area contributed by atoms with Gasteiger partial charge in [-0.3, -0.25) is 4.90 Å². The van der Waals surface area contributed by atoms with Crippen molar-refractivity contribution in [2.45, 2.75) is 77.5 Å². The molecule has 2 atom stereocenters. The van der Waals surface area contributed by atoms with Crippen molar-refractivity contribution in [3.05, 3.63) is 58.1 Å². The smallest absolute Gasteiger partial charge is 0.127 e. The molecule has 0 aliphatic carbocycles. The first kappa shape index (κ1) is 21.5. The predicted molar refractivity (Wildman–Crippen MR) is 124 cm³/mol. The highest BCUT2D eigenvalue weighted by Crippen LogP contribution is 2.52. The van der Waals surface area contributed by atoms with Gasteiger partial charge in [0, 0.05) is 18.0 Å². The molecule has 0 spiro atoms. The number of rotatable bonds is 5. The summed E-state index contributed by atoms with van der Waals surface area (Å²) in [6.45, 7) is 13.5. The van der Waals surface area contributed by atoms with Crippen molar-refractivity contribution < 1.29 is 9.47 Å². The fourth-order valence-electron chi connectivity index (χ4n) is 5.00. The summed E-state index contributed by atoms with van der Waals surface area (Å²) in [5, 5.41) is 0. The second kappa shape index (κ2) is 8.43. The minimum atomic E-state index is -0.267. The van der Waals surface area contributed by atoms with Crippen molar-refractivity contribution in [1.82, 2.24) is 4.90 Å². The third kappa shape index (κ3) is 3.94. The van der Waals surface area contributed by atoms with Gasteiger partial charge in [-0.1, -0.05) is 30.3 Å². The van der Waals surface area contributed by atoms with Crippen LogP contribution in [0.1, 0.15) is 66.8 Å². The second-order valence-electron chi connectivity index (χ2n) is 9.40.